The zero-order valence-electron chi connectivity index (χ0n) is 10.5. The van der Waals surface area contributed by atoms with Crippen LogP contribution in [0.3, 0.4) is 0 Å². The average Bonchev–Trinajstić information content (AvgIpc) is 2.82. The molecule has 0 aromatic heterocycles. The van der Waals surface area contributed by atoms with Crippen molar-refractivity contribution in [3.8, 4) is 0 Å². The Kier molecular flexibility index (Phi) is 2.60. The van der Waals surface area contributed by atoms with Crippen molar-refractivity contribution in [2.24, 2.45) is 0 Å². The number of hydrogen-bond donors (Lipinski definition) is 0. The minimum Gasteiger partial charge on any atom is -0.371 e. The number of benzene rings is 1. The molecule has 0 bridgehead atoms. The predicted octanol–water partition coefficient (Wildman–Crippen LogP) is 2.75. The Balaban J connectivity index is 2.08. The minimum atomic E-state index is 0.324. The Morgan fingerprint density at radius 1 is 1.35 bits per heavy atom. The summed E-state index contributed by atoms with van der Waals surface area (Å²) in [6.07, 6.45) is 1.26. The van der Waals surface area contributed by atoms with Crippen molar-refractivity contribution in [3.05, 3.63) is 28.8 Å². The number of likely N-dealkylation sites (N-methyl/N-ethyl adjacent to an activating group) is 2. The molecule has 2 aliphatic rings. The molecule has 1 aromatic carbocycles. The van der Waals surface area contributed by atoms with Crippen LogP contribution in [0.15, 0.2) is 18.2 Å². The maximum Gasteiger partial charge on any atom is 0.0410 e. The third-order valence-corrected chi connectivity index (χ3v) is 4.53. The number of hydrogen-bond acceptors (Lipinski definition) is 2. The van der Waals surface area contributed by atoms with Gasteiger partial charge in [-0.25, -0.2) is 0 Å². The van der Waals surface area contributed by atoms with Crippen molar-refractivity contribution in [3.63, 3.8) is 0 Å². The van der Waals surface area contributed by atoms with Crippen molar-refractivity contribution in [2.45, 2.75) is 18.8 Å². The first-order chi connectivity index (χ1) is 8.14. The van der Waals surface area contributed by atoms with Crippen LogP contribution in [0, 0.1) is 0 Å². The highest BCUT2D eigenvalue weighted by Gasteiger charge is 2.45. The average molecular weight is 251 g/mol. The highest BCUT2D eigenvalue weighted by Crippen LogP contribution is 2.46. The van der Waals surface area contributed by atoms with E-state index in [1.807, 2.05) is 6.07 Å². The first kappa shape index (κ1) is 11.4. The van der Waals surface area contributed by atoms with E-state index in [4.69, 9.17) is 11.6 Å². The lowest BCUT2D eigenvalue weighted by Crippen LogP contribution is -2.35. The summed E-state index contributed by atoms with van der Waals surface area (Å²) in [5, 5.41) is 0.871. The molecule has 0 aliphatic carbocycles. The summed E-state index contributed by atoms with van der Waals surface area (Å²) in [7, 11) is 2.22. The summed E-state index contributed by atoms with van der Waals surface area (Å²) in [5.41, 5.74) is 3.19. The molecule has 0 saturated carbocycles. The number of nitrogens with zero attached hydrogens (tertiary/aromatic N) is 2. The van der Waals surface area contributed by atoms with Gasteiger partial charge >= 0.3 is 0 Å². The standard InChI is InChI=1S/C14H19ClN2/c1-3-17-10-14(6-7-16(2)9-14)12-8-11(15)4-5-13(12)17/h4-5,8H,3,6-7,9-10H2,1-2H3/t14-/m0/s1. The fraction of sp³-hybridized carbons (Fsp3) is 0.571. The fourth-order valence-corrected chi connectivity index (χ4v) is 3.63. The summed E-state index contributed by atoms with van der Waals surface area (Å²) in [6, 6.07) is 6.39. The Morgan fingerprint density at radius 2 is 2.18 bits per heavy atom. The third-order valence-electron chi connectivity index (χ3n) is 4.29. The van der Waals surface area contributed by atoms with Gasteiger partial charge in [-0.05, 0) is 50.7 Å². The largest absolute Gasteiger partial charge is 0.371 e. The normalized spacial score (nSPS) is 28.1. The Bertz CT molecular complexity index is 446. The summed E-state index contributed by atoms with van der Waals surface area (Å²) >= 11 is 6.18. The molecule has 17 heavy (non-hydrogen) atoms. The molecule has 0 unspecified atom stereocenters. The Hall–Kier alpha value is -0.730. The molecule has 1 fully saturated rings. The molecule has 0 N–H and O–H groups in total. The molecule has 1 atom stereocenters. The van der Waals surface area contributed by atoms with E-state index in [9.17, 15) is 0 Å². The lowest BCUT2D eigenvalue weighted by Gasteiger charge is -2.25. The highest BCUT2D eigenvalue weighted by molar-refractivity contribution is 6.30. The van der Waals surface area contributed by atoms with Crippen LogP contribution in [-0.4, -0.2) is 38.1 Å². The zero-order valence-corrected chi connectivity index (χ0v) is 11.3. The summed E-state index contributed by atoms with van der Waals surface area (Å²) in [6.45, 7) is 6.83. The van der Waals surface area contributed by atoms with Crippen molar-refractivity contribution >= 4 is 17.3 Å². The fourth-order valence-electron chi connectivity index (χ4n) is 3.46. The summed E-state index contributed by atoms with van der Waals surface area (Å²) in [5.74, 6) is 0. The molecule has 1 aromatic rings. The molecule has 1 spiro atoms. The molecule has 0 radical (unpaired) electrons. The predicted molar refractivity (Wildman–Crippen MR) is 73.1 cm³/mol. The third kappa shape index (κ3) is 1.66. The monoisotopic (exact) mass is 250 g/mol. The van der Waals surface area contributed by atoms with Gasteiger partial charge in [-0.2, -0.15) is 0 Å². The Labute approximate surface area is 108 Å². The maximum absolute atomic E-state index is 6.18. The molecular formula is C14H19ClN2. The van der Waals surface area contributed by atoms with Gasteiger partial charge < -0.3 is 9.80 Å². The number of halogens is 1. The van der Waals surface area contributed by atoms with Crippen molar-refractivity contribution in [1.82, 2.24) is 4.90 Å². The van der Waals surface area contributed by atoms with Gasteiger partial charge in [-0.3, -0.25) is 0 Å². The van der Waals surface area contributed by atoms with E-state index in [1.54, 1.807) is 0 Å². The van der Waals surface area contributed by atoms with Gasteiger partial charge in [0.1, 0.15) is 0 Å². The smallest absolute Gasteiger partial charge is 0.0410 e. The Morgan fingerprint density at radius 3 is 2.82 bits per heavy atom. The maximum atomic E-state index is 6.18. The van der Waals surface area contributed by atoms with Crippen LogP contribution in [0.5, 0.6) is 0 Å². The number of anilines is 1. The van der Waals surface area contributed by atoms with Gasteiger partial charge in [-0.15, -0.1) is 0 Å². The lowest BCUT2D eigenvalue weighted by molar-refractivity contribution is 0.376. The summed E-state index contributed by atoms with van der Waals surface area (Å²) in [4.78, 5) is 4.93. The van der Waals surface area contributed by atoms with E-state index in [0.717, 1.165) is 24.7 Å². The van der Waals surface area contributed by atoms with Gasteiger partial charge in [0, 0.05) is 35.8 Å². The van der Waals surface area contributed by atoms with Gasteiger partial charge in [0.25, 0.3) is 0 Å². The molecule has 2 heterocycles. The summed E-state index contributed by atoms with van der Waals surface area (Å²) < 4.78 is 0. The van der Waals surface area contributed by atoms with Crippen molar-refractivity contribution < 1.29 is 0 Å². The van der Waals surface area contributed by atoms with Crippen molar-refractivity contribution in [1.29, 1.82) is 0 Å². The van der Waals surface area contributed by atoms with Crippen LogP contribution >= 0.6 is 11.6 Å². The van der Waals surface area contributed by atoms with Crippen LogP contribution < -0.4 is 4.90 Å². The van der Waals surface area contributed by atoms with Crippen LogP contribution in [0.1, 0.15) is 18.9 Å². The second-order valence-corrected chi connectivity index (χ2v) is 5.88. The van der Waals surface area contributed by atoms with Gasteiger partial charge in [0.2, 0.25) is 0 Å². The van der Waals surface area contributed by atoms with Crippen LogP contribution in [0.2, 0.25) is 5.02 Å². The number of fused-ring (bicyclic) bond motifs is 2. The molecule has 3 heteroatoms. The van der Waals surface area contributed by atoms with Gasteiger partial charge in [-0.1, -0.05) is 11.6 Å². The van der Waals surface area contributed by atoms with E-state index in [0.29, 0.717) is 5.41 Å². The van der Waals surface area contributed by atoms with Crippen LogP contribution in [-0.2, 0) is 5.41 Å². The second-order valence-electron chi connectivity index (χ2n) is 5.44. The molecule has 3 rings (SSSR count). The minimum absolute atomic E-state index is 0.324. The lowest BCUT2D eigenvalue weighted by atomic mass is 9.81. The zero-order chi connectivity index (χ0) is 12.0. The van der Waals surface area contributed by atoms with E-state index in [2.05, 4.69) is 35.9 Å². The van der Waals surface area contributed by atoms with E-state index >= 15 is 0 Å². The second kappa shape index (κ2) is 3.89. The van der Waals surface area contributed by atoms with E-state index < -0.39 is 0 Å². The van der Waals surface area contributed by atoms with E-state index in [-0.39, 0.29) is 0 Å². The number of rotatable bonds is 1. The van der Waals surface area contributed by atoms with Crippen LogP contribution in [0.4, 0.5) is 5.69 Å². The van der Waals surface area contributed by atoms with Gasteiger partial charge in [0.15, 0.2) is 0 Å². The molecule has 1 saturated heterocycles. The first-order valence-electron chi connectivity index (χ1n) is 6.38. The van der Waals surface area contributed by atoms with Crippen molar-refractivity contribution in [2.75, 3.05) is 38.1 Å². The topological polar surface area (TPSA) is 6.48 Å². The van der Waals surface area contributed by atoms with Gasteiger partial charge in [0.05, 0.1) is 0 Å². The van der Waals surface area contributed by atoms with Crippen LogP contribution in [0.25, 0.3) is 0 Å². The first-order valence-corrected chi connectivity index (χ1v) is 6.76. The molecule has 2 aliphatic heterocycles. The molecule has 92 valence electrons. The number of likely N-dealkylation sites (tertiary alicyclic amines) is 1. The van der Waals surface area contributed by atoms with E-state index in [1.165, 1.54) is 24.2 Å². The highest BCUT2D eigenvalue weighted by atomic mass is 35.5. The quantitative estimate of drug-likeness (QED) is 0.756. The molecular weight excluding hydrogens is 232 g/mol. The SMILES string of the molecule is CCN1C[C@@]2(CCN(C)C2)c2cc(Cl)ccc21. The molecule has 2 nitrogen and oxygen atoms in total. The molecule has 0 amide bonds.